The van der Waals surface area contributed by atoms with E-state index in [0.29, 0.717) is 10.9 Å². The van der Waals surface area contributed by atoms with Crippen LogP contribution < -0.4 is 16.0 Å². The first-order valence-corrected chi connectivity index (χ1v) is 10.2. The van der Waals surface area contributed by atoms with Crippen molar-refractivity contribution in [2.24, 2.45) is 11.7 Å². The van der Waals surface area contributed by atoms with Crippen LogP contribution in [0.2, 0.25) is 5.02 Å². The molecule has 0 bridgehead atoms. The van der Waals surface area contributed by atoms with Crippen LogP contribution in [-0.4, -0.2) is 25.5 Å². The molecule has 5 heteroatoms. The number of carbonyl (C=O) groups excluding carboxylic acids is 1. The summed E-state index contributed by atoms with van der Waals surface area (Å²) in [6.45, 7) is 6.76. The summed E-state index contributed by atoms with van der Waals surface area (Å²) in [5, 5.41) is 3.55. The van der Waals surface area contributed by atoms with Gasteiger partial charge >= 0.3 is 0 Å². The Morgan fingerprint density at radius 2 is 1.96 bits per heavy atom. The minimum absolute atomic E-state index is 0.0573. The fourth-order valence-electron chi connectivity index (χ4n) is 4.25. The van der Waals surface area contributed by atoms with Crippen molar-refractivity contribution in [3.8, 4) is 11.1 Å². The van der Waals surface area contributed by atoms with Crippen molar-refractivity contribution in [3.63, 3.8) is 0 Å². The standard InChI is InChI=1S/C23H26ClN3O/c1-14(2)22-19-10-18(20(24)11-21(19)26-23(22)28)16-5-7-17(8-6-16)27-9-3-4-15(12-25)13-27/h5-8,10-11,15H,3-4,9,12-13,25H2,1-2H3,(H,26,28). The van der Waals surface area contributed by atoms with Crippen molar-refractivity contribution in [2.45, 2.75) is 26.7 Å². The normalized spacial score (nSPS) is 18.9. The summed E-state index contributed by atoms with van der Waals surface area (Å²) in [6, 6.07) is 12.4. The van der Waals surface area contributed by atoms with Crippen LogP contribution in [0, 0.1) is 5.92 Å². The van der Waals surface area contributed by atoms with Crippen molar-refractivity contribution >= 4 is 34.5 Å². The minimum Gasteiger partial charge on any atom is -0.371 e. The molecule has 1 saturated heterocycles. The van der Waals surface area contributed by atoms with Crippen molar-refractivity contribution in [1.82, 2.24) is 0 Å². The molecule has 0 spiro atoms. The number of hydrogen-bond acceptors (Lipinski definition) is 3. The molecule has 1 unspecified atom stereocenters. The number of nitrogens with two attached hydrogens (primary N) is 1. The second kappa shape index (κ2) is 7.61. The highest BCUT2D eigenvalue weighted by atomic mass is 35.5. The number of benzene rings is 2. The summed E-state index contributed by atoms with van der Waals surface area (Å²) in [4.78, 5) is 14.7. The first-order chi connectivity index (χ1) is 13.5. The first kappa shape index (κ1) is 19.0. The van der Waals surface area contributed by atoms with Crippen LogP contribution in [-0.2, 0) is 4.79 Å². The van der Waals surface area contributed by atoms with Gasteiger partial charge in [-0.15, -0.1) is 0 Å². The molecular weight excluding hydrogens is 370 g/mol. The highest BCUT2D eigenvalue weighted by Crippen LogP contribution is 2.41. The van der Waals surface area contributed by atoms with Gasteiger partial charge in [0.25, 0.3) is 5.91 Å². The van der Waals surface area contributed by atoms with Gasteiger partial charge in [-0.1, -0.05) is 29.3 Å². The van der Waals surface area contributed by atoms with Gasteiger partial charge in [-0.05, 0) is 69.0 Å². The molecule has 1 fully saturated rings. The molecule has 28 heavy (non-hydrogen) atoms. The second-order valence-electron chi connectivity index (χ2n) is 7.94. The number of nitrogens with one attached hydrogen (secondary N) is 1. The van der Waals surface area contributed by atoms with Gasteiger partial charge in [0.2, 0.25) is 0 Å². The van der Waals surface area contributed by atoms with E-state index < -0.39 is 0 Å². The van der Waals surface area contributed by atoms with E-state index in [1.165, 1.54) is 18.5 Å². The summed E-state index contributed by atoms with van der Waals surface area (Å²) >= 11 is 6.55. The predicted octanol–water partition coefficient (Wildman–Crippen LogP) is 4.93. The Bertz CT molecular complexity index is 945. The lowest BCUT2D eigenvalue weighted by Crippen LogP contribution is -2.38. The SMILES string of the molecule is CC(C)=C1C(=O)Nc2cc(Cl)c(-c3ccc(N4CCCC(CN)C4)cc3)cc21. The Labute approximate surface area is 171 Å². The molecule has 2 aliphatic heterocycles. The predicted molar refractivity (Wildman–Crippen MR) is 118 cm³/mol. The van der Waals surface area contributed by atoms with E-state index >= 15 is 0 Å². The number of piperidine rings is 1. The number of allylic oxidation sites excluding steroid dienone is 1. The van der Waals surface area contributed by atoms with Gasteiger partial charge < -0.3 is 16.0 Å². The van der Waals surface area contributed by atoms with Crippen LogP contribution in [0.1, 0.15) is 32.3 Å². The molecule has 0 saturated carbocycles. The van der Waals surface area contributed by atoms with Crippen LogP contribution >= 0.6 is 11.6 Å². The lowest BCUT2D eigenvalue weighted by molar-refractivity contribution is -0.110. The molecule has 2 aliphatic rings. The minimum atomic E-state index is -0.0573. The maximum absolute atomic E-state index is 12.3. The third-order valence-electron chi connectivity index (χ3n) is 5.75. The lowest BCUT2D eigenvalue weighted by atomic mass is 9.96. The maximum atomic E-state index is 12.3. The molecule has 2 aromatic rings. The van der Waals surface area contributed by atoms with Gasteiger partial charge in [0.1, 0.15) is 0 Å². The Balaban J connectivity index is 1.65. The van der Waals surface area contributed by atoms with Gasteiger partial charge in [0.15, 0.2) is 0 Å². The van der Waals surface area contributed by atoms with Crippen LogP contribution in [0.4, 0.5) is 11.4 Å². The molecule has 0 aliphatic carbocycles. The molecular formula is C23H26ClN3O. The highest BCUT2D eigenvalue weighted by Gasteiger charge is 2.27. The van der Waals surface area contributed by atoms with E-state index in [9.17, 15) is 4.79 Å². The number of rotatable bonds is 3. The fraction of sp³-hybridized carbons (Fsp3) is 0.348. The van der Waals surface area contributed by atoms with Gasteiger partial charge in [-0.25, -0.2) is 0 Å². The molecule has 146 valence electrons. The summed E-state index contributed by atoms with van der Waals surface area (Å²) in [6.07, 6.45) is 2.40. The number of hydrogen-bond donors (Lipinski definition) is 2. The van der Waals surface area contributed by atoms with E-state index in [4.69, 9.17) is 17.3 Å². The second-order valence-corrected chi connectivity index (χ2v) is 8.35. The van der Waals surface area contributed by atoms with Gasteiger partial charge in [-0.3, -0.25) is 4.79 Å². The Morgan fingerprint density at radius 1 is 1.21 bits per heavy atom. The average Bonchev–Trinajstić information content (AvgIpc) is 3.02. The van der Waals surface area contributed by atoms with E-state index in [0.717, 1.165) is 53.2 Å². The van der Waals surface area contributed by atoms with Crippen molar-refractivity contribution in [3.05, 3.63) is 52.6 Å². The Hall–Kier alpha value is -2.30. The summed E-state index contributed by atoms with van der Waals surface area (Å²) < 4.78 is 0. The fourth-order valence-corrected chi connectivity index (χ4v) is 4.52. The van der Waals surface area contributed by atoms with Crippen molar-refractivity contribution in [2.75, 3.05) is 29.9 Å². The monoisotopic (exact) mass is 395 g/mol. The molecule has 1 atom stereocenters. The number of carbonyl (C=O) groups is 1. The first-order valence-electron chi connectivity index (χ1n) is 9.86. The Kier molecular flexibility index (Phi) is 5.17. The number of halogens is 1. The average molecular weight is 396 g/mol. The largest absolute Gasteiger partial charge is 0.371 e. The molecule has 2 heterocycles. The zero-order valence-electron chi connectivity index (χ0n) is 16.4. The quantitative estimate of drug-likeness (QED) is 0.724. The summed E-state index contributed by atoms with van der Waals surface area (Å²) in [5.41, 5.74) is 12.5. The zero-order valence-corrected chi connectivity index (χ0v) is 17.1. The highest BCUT2D eigenvalue weighted by molar-refractivity contribution is 6.36. The van der Waals surface area contributed by atoms with E-state index in [1.807, 2.05) is 26.0 Å². The topological polar surface area (TPSA) is 58.4 Å². The van der Waals surface area contributed by atoms with E-state index in [2.05, 4.69) is 34.5 Å². The molecule has 1 amide bonds. The molecule has 4 nitrogen and oxygen atoms in total. The third-order valence-corrected chi connectivity index (χ3v) is 6.06. The van der Waals surface area contributed by atoms with Crippen LogP contribution in [0.5, 0.6) is 0 Å². The number of nitrogens with zero attached hydrogens (tertiary/aromatic N) is 1. The maximum Gasteiger partial charge on any atom is 0.256 e. The van der Waals surface area contributed by atoms with Gasteiger partial charge in [0.05, 0.1) is 10.7 Å². The number of fused-ring (bicyclic) bond motifs is 1. The van der Waals surface area contributed by atoms with Crippen molar-refractivity contribution < 1.29 is 4.79 Å². The van der Waals surface area contributed by atoms with Gasteiger partial charge in [-0.2, -0.15) is 0 Å². The van der Waals surface area contributed by atoms with Gasteiger partial charge in [0, 0.05) is 35.5 Å². The number of anilines is 2. The smallest absolute Gasteiger partial charge is 0.256 e. The number of amides is 1. The molecule has 3 N–H and O–H groups in total. The van der Waals surface area contributed by atoms with E-state index in [1.54, 1.807) is 0 Å². The zero-order chi connectivity index (χ0) is 19.8. The van der Waals surface area contributed by atoms with Crippen LogP contribution in [0.3, 0.4) is 0 Å². The molecule has 2 aromatic carbocycles. The van der Waals surface area contributed by atoms with Crippen molar-refractivity contribution in [1.29, 1.82) is 0 Å². The summed E-state index contributed by atoms with van der Waals surface area (Å²) in [5.74, 6) is 0.519. The third kappa shape index (κ3) is 3.43. The molecule has 0 aromatic heterocycles. The molecule has 4 rings (SSSR count). The lowest BCUT2D eigenvalue weighted by Gasteiger charge is -2.34. The summed E-state index contributed by atoms with van der Waals surface area (Å²) in [7, 11) is 0. The van der Waals surface area contributed by atoms with Crippen LogP contribution in [0.15, 0.2) is 42.0 Å². The van der Waals surface area contributed by atoms with E-state index in [-0.39, 0.29) is 5.91 Å². The Morgan fingerprint density at radius 3 is 2.64 bits per heavy atom. The molecule has 0 radical (unpaired) electrons. The van der Waals surface area contributed by atoms with Crippen LogP contribution in [0.25, 0.3) is 16.7 Å².